The summed E-state index contributed by atoms with van der Waals surface area (Å²) in [5.41, 5.74) is 0. The molecule has 3 N–H and O–H groups in total. The lowest BCUT2D eigenvalue weighted by Gasteiger charge is -1.99. The van der Waals surface area contributed by atoms with E-state index in [1.807, 2.05) is 0 Å². The van der Waals surface area contributed by atoms with Crippen molar-refractivity contribution in [1.29, 1.82) is 0 Å². The van der Waals surface area contributed by atoms with Gasteiger partial charge >= 0.3 is 10.3 Å². The van der Waals surface area contributed by atoms with E-state index < -0.39 is 10.3 Å². The zero-order valence-corrected chi connectivity index (χ0v) is 5.94. The number of hydrazine groups is 1. The monoisotopic (exact) mass is 154 g/mol. The topological polar surface area (TPSA) is 81.4 Å². The van der Waals surface area contributed by atoms with Crippen LogP contribution in [0.3, 0.4) is 0 Å². The molecule has 56 valence electrons. The van der Waals surface area contributed by atoms with Crippen molar-refractivity contribution in [2.24, 2.45) is 5.84 Å². The summed E-state index contributed by atoms with van der Waals surface area (Å²) < 4.78 is 24.9. The molecule has 5 nitrogen and oxygen atoms in total. The van der Waals surface area contributed by atoms with E-state index in [-0.39, 0.29) is 6.61 Å². The lowest BCUT2D eigenvalue weighted by atomic mass is 10.5. The maximum absolute atomic E-state index is 10.3. The van der Waals surface area contributed by atoms with E-state index >= 15 is 0 Å². The molecular weight excluding hydrogens is 144 g/mol. The van der Waals surface area contributed by atoms with Gasteiger partial charge in [0.1, 0.15) is 0 Å². The summed E-state index contributed by atoms with van der Waals surface area (Å²) in [5.74, 6) is 4.58. The van der Waals surface area contributed by atoms with Crippen molar-refractivity contribution in [2.45, 2.75) is 13.3 Å². The molecule has 0 aromatic heterocycles. The number of rotatable bonds is 4. The van der Waals surface area contributed by atoms with E-state index in [1.165, 1.54) is 4.83 Å². The average Bonchev–Trinajstić information content (AvgIpc) is 1.84. The van der Waals surface area contributed by atoms with Crippen molar-refractivity contribution in [3.63, 3.8) is 0 Å². The van der Waals surface area contributed by atoms with Crippen molar-refractivity contribution in [3.8, 4) is 0 Å². The predicted octanol–water partition coefficient (Wildman–Crippen LogP) is -0.879. The molecule has 0 rings (SSSR count). The number of nitrogens with two attached hydrogens (primary N) is 1. The smallest absolute Gasteiger partial charge is 0.257 e. The van der Waals surface area contributed by atoms with Crippen LogP contribution in [0.5, 0.6) is 0 Å². The van der Waals surface area contributed by atoms with Crippen LogP contribution in [0, 0.1) is 0 Å². The molecule has 0 aliphatic heterocycles. The Bertz CT molecular complexity index is 152. The summed E-state index contributed by atoms with van der Waals surface area (Å²) in [6.45, 7) is 1.96. The summed E-state index contributed by atoms with van der Waals surface area (Å²) in [5, 5.41) is 0. The largest absolute Gasteiger partial charge is 0.348 e. The Labute approximate surface area is 54.4 Å². The van der Waals surface area contributed by atoms with Gasteiger partial charge in [-0.15, -0.1) is 4.83 Å². The fraction of sp³-hybridized carbons (Fsp3) is 1.00. The molecule has 0 fully saturated rings. The van der Waals surface area contributed by atoms with Gasteiger partial charge in [0.05, 0.1) is 6.61 Å². The van der Waals surface area contributed by atoms with Crippen LogP contribution < -0.4 is 10.7 Å². The van der Waals surface area contributed by atoms with Crippen LogP contribution >= 0.6 is 0 Å². The molecule has 0 amide bonds. The molecule has 6 heteroatoms. The highest BCUT2D eigenvalue weighted by Gasteiger charge is 2.03. The zero-order valence-electron chi connectivity index (χ0n) is 5.12. The minimum Gasteiger partial charge on any atom is -0.257 e. The highest BCUT2D eigenvalue weighted by molar-refractivity contribution is 7.84. The molecule has 0 atom stereocenters. The third kappa shape index (κ3) is 4.34. The Kier molecular flexibility index (Phi) is 3.71. The molecule has 0 aromatic rings. The molecule has 0 radical (unpaired) electrons. The fourth-order valence-electron chi connectivity index (χ4n) is 0.227. The predicted molar refractivity (Wildman–Crippen MR) is 32.5 cm³/mol. The van der Waals surface area contributed by atoms with Gasteiger partial charge in [-0.05, 0) is 6.42 Å². The summed E-state index contributed by atoms with van der Waals surface area (Å²) in [6, 6.07) is 0. The summed E-state index contributed by atoms with van der Waals surface area (Å²) >= 11 is 0. The Hall–Kier alpha value is -0.170. The maximum atomic E-state index is 10.3. The van der Waals surface area contributed by atoms with Crippen LogP contribution in [0.2, 0.25) is 0 Å². The number of nitrogens with one attached hydrogen (secondary N) is 1. The van der Waals surface area contributed by atoms with Gasteiger partial charge in [0.15, 0.2) is 0 Å². The Morgan fingerprint density at radius 2 is 2.22 bits per heavy atom. The van der Waals surface area contributed by atoms with Crippen LogP contribution in [0.1, 0.15) is 13.3 Å². The maximum Gasteiger partial charge on any atom is 0.348 e. The fourth-order valence-corrected chi connectivity index (χ4v) is 0.681. The van der Waals surface area contributed by atoms with Gasteiger partial charge in [-0.1, -0.05) is 6.92 Å². The van der Waals surface area contributed by atoms with E-state index in [4.69, 9.17) is 0 Å². The molecule has 0 aromatic carbocycles. The number of hydrogen-bond donors (Lipinski definition) is 2. The molecule has 0 aliphatic rings. The summed E-state index contributed by atoms with van der Waals surface area (Å²) in [6.07, 6.45) is 0.640. The first-order valence-electron chi connectivity index (χ1n) is 2.49. The van der Waals surface area contributed by atoms with Gasteiger partial charge in [0.2, 0.25) is 0 Å². The van der Waals surface area contributed by atoms with Gasteiger partial charge in [0.25, 0.3) is 0 Å². The van der Waals surface area contributed by atoms with Gasteiger partial charge in [0, 0.05) is 0 Å². The second kappa shape index (κ2) is 3.78. The molecule has 0 bridgehead atoms. The average molecular weight is 154 g/mol. The van der Waals surface area contributed by atoms with Crippen LogP contribution in [0.15, 0.2) is 0 Å². The van der Waals surface area contributed by atoms with Gasteiger partial charge in [-0.3, -0.25) is 10.0 Å². The van der Waals surface area contributed by atoms with E-state index in [0.29, 0.717) is 6.42 Å². The standard InChI is InChI=1S/C3H10N2O3S/c1-2-3-8-9(6,7)5-4/h5H,2-4H2,1H3. The highest BCUT2D eigenvalue weighted by Crippen LogP contribution is 1.86. The van der Waals surface area contributed by atoms with Crippen molar-refractivity contribution in [2.75, 3.05) is 6.61 Å². The molecule has 0 spiro atoms. The first-order chi connectivity index (χ1) is 4.12. The quantitative estimate of drug-likeness (QED) is 0.407. The van der Waals surface area contributed by atoms with Crippen molar-refractivity contribution in [1.82, 2.24) is 4.83 Å². The van der Waals surface area contributed by atoms with Gasteiger partial charge in [-0.25, -0.2) is 0 Å². The SMILES string of the molecule is CCCOS(=O)(=O)NN. The van der Waals surface area contributed by atoms with Crippen molar-refractivity contribution < 1.29 is 12.6 Å². The summed E-state index contributed by atoms with van der Waals surface area (Å²) in [7, 11) is -3.65. The Morgan fingerprint density at radius 3 is 2.56 bits per heavy atom. The first-order valence-corrected chi connectivity index (χ1v) is 3.90. The molecule has 0 unspecified atom stereocenters. The minimum absolute atomic E-state index is 0.159. The van der Waals surface area contributed by atoms with E-state index in [2.05, 4.69) is 10.0 Å². The molecule has 0 aliphatic carbocycles. The van der Waals surface area contributed by atoms with Gasteiger partial charge in [-0.2, -0.15) is 8.42 Å². The van der Waals surface area contributed by atoms with Gasteiger partial charge < -0.3 is 0 Å². The van der Waals surface area contributed by atoms with Crippen LogP contribution in [-0.2, 0) is 14.5 Å². The second-order valence-electron chi connectivity index (χ2n) is 1.39. The highest BCUT2D eigenvalue weighted by atomic mass is 32.2. The molecule has 9 heavy (non-hydrogen) atoms. The third-order valence-corrected chi connectivity index (χ3v) is 1.35. The zero-order chi connectivity index (χ0) is 7.33. The van der Waals surface area contributed by atoms with Crippen LogP contribution in [-0.4, -0.2) is 15.0 Å². The lowest BCUT2D eigenvalue weighted by Crippen LogP contribution is -2.32. The second-order valence-corrected chi connectivity index (χ2v) is 2.77. The van der Waals surface area contributed by atoms with Crippen molar-refractivity contribution >= 4 is 10.3 Å². The van der Waals surface area contributed by atoms with Crippen LogP contribution in [0.4, 0.5) is 0 Å². The van der Waals surface area contributed by atoms with E-state index in [1.54, 1.807) is 6.92 Å². The molecular formula is C3H10N2O3S. The van der Waals surface area contributed by atoms with E-state index in [9.17, 15) is 8.42 Å². The summed E-state index contributed by atoms with van der Waals surface area (Å²) in [4.78, 5) is 1.53. The Balaban J connectivity index is 3.61. The third-order valence-electron chi connectivity index (χ3n) is 0.587. The van der Waals surface area contributed by atoms with Crippen molar-refractivity contribution in [3.05, 3.63) is 0 Å². The lowest BCUT2D eigenvalue weighted by molar-refractivity contribution is 0.311. The molecule has 0 saturated carbocycles. The Morgan fingerprint density at radius 1 is 1.67 bits per heavy atom. The normalized spacial score (nSPS) is 11.8. The molecule has 0 heterocycles. The van der Waals surface area contributed by atoms with Crippen LogP contribution in [0.25, 0.3) is 0 Å². The number of hydrogen-bond acceptors (Lipinski definition) is 4. The molecule has 0 saturated heterocycles. The van der Waals surface area contributed by atoms with E-state index in [0.717, 1.165) is 0 Å². The minimum atomic E-state index is -3.65. The first kappa shape index (κ1) is 8.83.